The molecule has 1 saturated heterocycles. The van der Waals surface area contributed by atoms with E-state index >= 15 is 0 Å². The zero-order chi connectivity index (χ0) is 22.1. The van der Waals surface area contributed by atoms with Gasteiger partial charge in [-0.15, -0.1) is 11.3 Å². The Labute approximate surface area is 184 Å². The van der Waals surface area contributed by atoms with Crippen LogP contribution in [0.2, 0.25) is 0 Å². The highest BCUT2D eigenvalue weighted by Gasteiger charge is 2.46. The molecule has 0 radical (unpaired) electrons. The summed E-state index contributed by atoms with van der Waals surface area (Å²) >= 11 is 1.64. The first-order valence-electron chi connectivity index (χ1n) is 10.1. The quantitative estimate of drug-likeness (QED) is 0.469. The number of ether oxygens (including phenoxy) is 1. The minimum atomic E-state index is -1.28. The summed E-state index contributed by atoms with van der Waals surface area (Å²) < 4.78 is 18.9. The Morgan fingerprint density at radius 1 is 1.03 bits per heavy atom. The van der Waals surface area contributed by atoms with Gasteiger partial charge in [0, 0.05) is 16.2 Å². The summed E-state index contributed by atoms with van der Waals surface area (Å²) in [5.41, 5.74) is 3.81. The average molecular weight is 445 g/mol. The van der Waals surface area contributed by atoms with Crippen molar-refractivity contribution < 1.29 is 29.6 Å². The molecule has 2 heterocycles. The van der Waals surface area contributed by atoms with Gasteiger partial charge in [0.15, 0.2) is 0 Å². The van der Waals surface area contributed by atoms with Crippen molar-refractivity contribution in [3.05, 3.63) is 82.0 Å². The van der Waals surface area contributed by atoms with E-state index in [2.05, 4.69) is 0 Å². The van der Waals surface area contributed by atoms with Gasteiger partial charge in [0.1, 0.15) is 36.3 Å². The second kappa shape index (κ2) is 9.16. The lowest BCUT2D eigenvalue weighted by Gasteiger charge is -2.19. The molecule has 0 bridgehead atoms. The molecular weight excluding hydrogens is 419 g/mol. The third-order valence-corrected chi connectivity index (χ3v) is 6.86. The fourth-order valence-electron chi connectivity index (χ4n) is 3.89. The molecule has 7 heteroatoms. The fraction of sp³-hybridized carbons (Fsp3) is 0.333. The average Bonchev–Trinajstić information content (AvgIpc) is 3.35. The number of aliphatic hydroxyl groups excluding tert-OH is 4. The van der Waals surface area contributed by atoms with Crippen LogP contribution in [0.4, 0.5) is 4.39 Å². The zero-order valence-electron chi connectivity index (χ0n) is 17.0. The molecule has 1 aliphatic rings. The molecule has 5 atom stereocenters. The van der Waals surface area contributed by atoms with Gasteiger partial charge in [-0.05, 0) is 53.4 Å². The van der Waals surface area contributed by atoms with Gasteiger partial charge in [0.05, 0.1) is 6.61 Å². The molecule has 0 aliphatic carbocycles. The summed E-state index contributed by atoms with van der Waals surface area (Å²) in [6, 6.07) is 16.2. The number of hydrogen-bond donors (Lipinski definition) is 4. The lowest BCUT2D eigenvalue weighted by molar-refractivity contribution is -0.0820. The van der Waals surface area contributed by atoms with E-state index in [1.807, 2.05) is 37.3 Å². The molecule has 164 valence electrons. The Kier molecular flexibility index (Phi) is 6.52. The summed E-state index contributed by atoms with van der Waals surface area (Å²) in [4.78, 5) is 2.20. The molecule has 1 fully saturated rings. The van der Waals surface area contributed by atoms with E-state index < -0.39 is 37.1 Å². The van der Waals surface area contributed by atoms with Crippen LogP contribution in [-0.4, -0.2) is 51.4 Å². The van der Waals surface area contributed by atoms with Crippen molar-refractivity contribution >= 4 is 11.3 Å². The normalized spacial score (nSPS) is 24.5. The van der Waals surface area contributed by atoms with Crippen LogP contribution in [0.1, 0.15) is 27.7 Å². The van der Waals surface area contributed by atoms with Gasteiger partial charge in [0.25, 0.3) is 0 Å². The van der Waals surface area contributed by atoms with Crippen LogP contribution >= 0.6 is 11.3 Å². The van der Waals surface area contributed by atoms with Gasteiger partial charge >= 0.3 is 0 Å². The van der Waals surface area contributed by atoms with E-state index in [1.165, 1.54) is 12.1 Å². The van der Waals surface area contributed by atoms with Crippen LogP contribution in [-0.2, 0) is 11.2 Å². The van der Waals surface area contributed by atoms with Gasteiger partial charge in [-0.1, -0.05) is 30.3 Å². The standard InChI is InChI=1S/C24H25FO5S/c1-13-2-3-15(23-21(28)22(29)24(30-23)19(27)12-26)10-16(13)11-18-8-9-20(31-18)14-4-6-17(25)7-5-14/h2-10,19,21-24,26-29H,11-12H2,1H3/t19-,21-,22-,23-,24-/m1/s1. The van der Waals surface area contributed by atoms with Crippen molar-refractivity contribution in [2.24, 2.45) is 0 Å². The van der Waals surface area contributed by atoms with E-state index in [4.69, 9.17) is 9.84 Å². The van der Waals surface area contributed by atoms with Crippen LogP contribution in [0.25, 0.3) is 10.4 Å². The number of aliphatic hydroxyl groups is 4. The molecule has 5 nitrogen and oxygen atoms in total. The number of thiophene rings is 1. The first-order valence-corrected chi connectivity index (χ1v) is 10.9. The van der Waals surface area contributed by atoms with Crippen LogP contribution < -0.4 is 0 Å². The SMILES string of the molecule is Cc1ccc([C@H]2O[C@H]([C@H](O)CO)[C@H](O)[C@H]2O)cc1Cc1ccc(-c2ccc(F)cc2)s1. The van der Waals surface area contributed by atoms with E-state index in [9.17, 15) is 19.7 Å². The van der Waals surface area contributed by atoms with Crippen LogP contribution in [0.3, 0.4) is 0 Å². The summed E-state index contributed by atoms with van der Waals surface area (Å²) in [6.07, 6.45) is -4.92. The van der Waals surface area contributed by atoms with Crippen LogP contribution in [0.15, 0.2) is 54.6 Å². The molecule has 0 saturated carbocycles. The molecule has 1 aliphatic heterocycles. The van der Waals surface area contributed by atoms with Crippen molar-refractivity contribution in [2.75, 3.05) is 6.61 Å². The van der Waals surface area contributed by atoms with Gasteiger partial charge in [-0.3, -0.25) is 0 Å². The number of hydrogen-bond acceptors (Lipinski definition) is 6. The third kappa shape index (κ3) is 4.57. The summed E-state index contributed by atoms with van der Waals surface area (Å²) in [7, 11) is 0. The molecule has 1 aromatic heterocycles. The molecule has 0 amide bonds. The minimum absolute atomic E-state index is 0.261. The maximum absolute atomic E-state index is 13.2. The summed E-state index contributed by atoms with van der Waals surface area (Å²) in [6.45, 7) is 1.45. The highest BCUT2D eigenvalue weighted by Crippen LogP contribution is 2.36. The van der Waals surface area contributed by atoms with E-state index in [0.717, 1.165) is 26.4 Å². The second-order valence-electron chi connectivity index (χ2n) is 7.89. The number of aryl methyl sites for hydroxylation is 1. The van der Waals surface area contributed by atoms with Gasteiger partial charge in [-0.2, -0.15) is 0 Å². The molecule has 3 aromatic rings. The van der Waals surface area contributed by atoms with Gasteiger partial charge < -0.3 is 25.2 Å². The Hall–Kier alpha value is -2.13. The Balaban J connectivity index is 1.54. The predicted octanol–water partition coefficient (Wildman–Crippen LogP) is 2.97. The molecule has 4 rings (SSSR count). The lowest BCUT2D eigenvalue weighted by Crippen LogP contribution is -2.40. The molecule has 31 heavy (non-hydrogen) atoms. The number of halogens is 1. The minimum Gasteiger partial charge on any atom is -0.394 e. The monoisotopic (exact) mass is 444 g/mol. The lowest BCUT2D eigenvalue weighted by atomic mass is 9.95. The maximum atomic E-state index is 13.2. The summed E-state index contributed by atoms with van der Waals surface area (Å²) in [5, 5.41) is 39.7. The number of rotatable bonds is 6. The largest absolute Gasteiger partial charge is 0.394 e. The topological polar surface area (TPSA) is 90.2 Å². The molecule has 0 spiro atoms. The molecule has 0 unspecified atom stereocenters. The summed E-state index contributed by atoms with van der Waals surface area (Å²) in [5.74, 6) is -0.261. The Bertz CT molecular complexity index is 1030. The highest BCUT2D eigenvalue weighted by molar-refractivity contribution is 7.15. The van der Waals surface area contributed by atoms with Crippen LogP contribution in [0.5, 0.6) is 0 Å². The highest BCUT2D eigenvalue weighted by atomic mass is 32.1. The predicted molar refractivity (Wildman–Crippen MR) is 116 cm³/mol. The van der Waals surface area contributed by atoms with Crippen molar-refractivity contribution in [1.29, 1.82) is 0 Å². The molecule has 4 N–H and O–H groups in total. The van der Waals surface area contributed by atoms with E-state index in [-0.39, 0.29) is 5.82 Å². The Morgan fingerprint density at radius 2 is 1.77 bits per heavy atom. The second-order valence-corrected chi connectivity index (χ2v) is 9.06. The maximum Gasteiger partial charge on any atom is 0.123 e. The zero-order valence-corrected chi connectivity index (χ0v) is 17.8. The molecular formula is C24H25FO5S. The van der Waals surface area contributed by atoms with Crippen molar-refractivity contribution in [2.45, 2.75) is 43.9 Å². The van der Waals surface area contributed by atoms with Gasteiger partial charge in [0.2, 0.25) is 0 Å². The van der Waals surface area contributed by atoms with Crippen LogP contribution in [0, 0.1) is 12.7 Å². The van der Waals surface area contributed by atoms with Crippen molar-refractivity contribution in [3.8, 4) is 10.4 Å². The third-order valence-electron chi connectivity index (χ3n) is 5.72. The fourth-order valence-corrected chi connectivity index (χ4v) is 4.93. The smallest absolute Gasteiger partial charge is 0.123 e. The van der Waals surface area contributed by atoms with Crippen molar-refractivity contribution in [3.63, 3.8) is 0 Å². The Morgan fingerprint density at radius 3 is 2.48 bits per heavy atom. The first-order chi connectivity index (χ1) is 14.9. The van der Waals surface area contributed by atoms with E-state index in [0.29, 0.717) is 12.0 Å². The van der Waals surface area contributed by atoms with E-state index in [1.54, 1.807) is 23.5 Å². The first kappa shape index (κ1) is 22.1. The molecule has 2 aromatic carbocycles. The van der Waals surface area contributed by atoms with Gasteiger partial charge in [-0.25, -0.2) is 4.39 Å². The number of benzene rings is 2. The van der Waals surface area contributed by atoms with Crippen molar-refractivity contribution in [1.82, 2.24) is 0 Å².